The fourth-order valence-electron chi connectivity index (χ4n) is 7.15. The van der Waals surface area contributed by atoms with Gasteiger partial charge in [-0.15, -0.1) is 0 Å². The number of benzene rings is 8. The first-order chi connectivity index (χ1) is 26.7. The summed E-state index contributed by atoms with van der Waals surface area (Å²) < 4.78 is 0. The summed E-state index contributed by atoms with van der Waals surface area (Å²) in [6.45, 7) is 7.99. The molecule has 8 aromatic rings. The van der Waals surface area contributed by atoms with E-state index in [1.165, 1.54) is 22.3 Å². The smallest absolute Gasteiger partial charge is 0.0467 e. The Bertz CT molecular complexity index is 2340. The molecule has 0 aliphatic carbocycles. The van der Waals surface area contributed by atoms with E-state index in [1.807, 2.05) is 12.2 Å². The van der Waals surface area contributed by atoms with Gasteiger partial charge < -0.3 is 9.80 Å². The molecule has 0 atom stereocenters. The zero-order chi connectivity index (χ0) is 36.7. The van der Waals surface area contributed by atoms with Gasteiger partial charge in [-0.05, 0) is 117 Å². The Hall–Kier alpha value is -7.16. The van der Waals surface area contributed by atoms with Gasteiger partial charge in [-0.3, -0.25) is 0 Å². The van der Waals surface area contributed by atoms with Crippen molar-refractivity contribution in [3.8, 4) is 33.4 Å². The van der Waals surface area contributed by atoms with Crippen molar-refractivity contribution in [2.24, 2.45) is 0 Å². The van der Waals surface area contributed by atoms with Crippen LogP contribution < -0.4 is 9.80 Å². The minimum Gasteiger partial charge on any atom is -0.310 e. The van der Waals surface area contributed by atoms with E-state index < -0.39 is 0 Å². The summed E-state index contributed by atoms with van der Waals surface area (Å²) in [5.41, 5.74) is 15.8. The summed E-state index contributed by atoms with van der Waals surface area (Å²) in [6, 6.07) is 73.2. The molecule has 2 heteroatoms. The van der Waals surface area contributed by atoms with E-state index in [9.17, 15) is 0 Å². The average Bonchev–Trinajstić information content (AvgIpc) is 3.25. The molecule has 258 valence electrons. The van der Waals surface area contributed by atoms with Crippen molar-refractivity contribution in [2.75, 3.05) is 9.80 Å². The van der Waals surface area contributed by atoms with Crippen LogP contribution in [0.1, 0.15) is 11.1 Å². The van der Waals surface area contributed by atoms with Gasteiger partial charge in [-0.1, -0.05) is 159 Å². The fourth-order valence-corrected chi connectivity index (χ4v) is 7.15. The minimum absolute atomic E-state index is 1.08. The van der Waals surface area contributed by atoms with Crippen molar-refractivity contribution in [3.05, 3.63) is 231 Å². The van der Waals surface area contributed by atoms with Crippen LogP contribution in [0.3, 0.4) is 0 Å². The van der Waals surface area contributed by atoms with E-state index in [4.69, 9.17) is 0 Å². The zero-order valence-electron chi connectivity index (χ0n) is 30.1. The van der Waals surface area contributed by atoms with Gasteiger partial charge in [0, 0.05) is 34.1 Å². The number of hydrogen-bond acceptors (Lipinski definition) is 2. The highest BCUT2D eigenvalue weighted by Gasteiger charge is 2.17. The molecule has 0 fully saturated rings. The predicted octanol–water partition coefficient (Wildman–Crippen LogP) is 14.9. The lowest BCUT2D eigenvalue weighted by Gasteiger charge is -2.26. The first-order valence-corrected chi connectivity index (χ1v) is 18.2. The molecule has 0 saturated carbocycles. The lowest BCUT2D eigenvalue weighted by atomic mass is 9.89. The summed E-state index contributed by atoms with van der Waals surface area (Å²) >= 11 is 0. The summed E-state index contributed by atoms with van der Waals surface area (Å²) in [4.78, 5) is 4.58. The zero-order valence-corrected chi connectivity index (χ0v) is 30.1. The topological polar surface area (TPSA) is 6.48 Å². The molecular weight excluding hydrogens is 653 g/mol. The van der Waals surface area contributed by atoms with Crippen molar-refractivity contribution >= 4 is 46.3 Å². The van der Waals surface area contributed by atoms with E-state index in [1.54, 1.807) is 0 Å². The van der Waals surface area contributed by atoms with E-state index in [0.29, 0.717) is 0 Å². The second-order valence-electron chi connectivity index (χ2n) is 13.1. The molecule has 0 radical (unpaired) electrons. The Kier molecular flexibility index (Phi) is 9.82. The third kappa shape index (κ3) is 7.01. The lowest BCUT2D eigenvalue weighted by molar-refractivity contribution is 1.28. The SMILES string of the molecule is C=Cc1cccc(N(c2ccccc2)c2ccc(-c3ccccc3-c3ccccc3-c3ccc(N(c4ccccc4)c4cccc(C=C)c4)cc3)cc2)c1. The third-order valence-electron chi connectivity index (χ3n) is 9.77. The van der Waals surface area contributed by atoms with Gasteiger partial charge in [0.05, 0.1) is 0 Å². The Morgan fingerprint density at radius 2 is 0.593 bits per heavy atom. The molecule has 8 aromatic carbocycles. The molecule has 0 aromatic heterocycles. The van der Waals surface area contributed by atoms with Crippen LogP contribution in [0.15, 0.2) is 219 Å². The molecule has 0 spiro atoms. The van der Waals surface area contributed by atoms with Crippen molar-refractivity contribution in [3.63, 3.8) is 0 Å². The van der Waals surface area contributed by atoms with Crippen LogP contribution in [0, 0.1) is 0 Å². The Balaban J connectivity index is 1.15. The van der Waals surface area contributed by atoms with E-state index in [0.717, 1.165) is 56.4 Å². The number of rotatable bonds is 11. The van der Waals surface area contributed by atoms with Crippen molar-refractivity contribution in [2.45, 2.75) is 0 Å². The maximum absolute atomic E-state index is 4.00. The normalized spacial score (nSPS) is 10.7. The van der Waals surface area contributed by atoms with Gasteiger partial charge in [0.1, 0.15) is 0 Å². The van der Waals surface area contributed by atoms with Crippen LogP contribution in [0.25, 0.3) is 45.5 Å². The van der Waals surface area contributed by atoms with Crippen molar-refractivity contribution in [1.82, 2.24) is 0 Å². The number of anilines is 6. The van der Waals surface area contributed by atoms with Gasteiger partial charge >= 0.3 is 0 Å². The van der Waals surface area contributed by atoms with Crippen LogP contribution in [-0.4, -0.2) is 0 Å². The van der Waals surface area contributed by atoms with Crippen LogP contribution in [0.2, 0.25) is 0 Å². The maximum atomic E-state index is 4.00. The number of nitrogens with zero attached hydrogens (tertiary/aromatic N) is 2. The number of hydrogen-bond donors (Lipinski definition) is 0. The predicted molar refractivity (Wildman–Crippen MR) is 232 cm³/mol. The molecule has 0 unspecified atom stereocenters. The maximum Gasteiger partial charge on any atom is 0.0467 e. The molecule has 8 rings (SSSR count). The van der Waals surface area contributed by atoms with Gasteiger partial charge in [0.15, 0.2) is 0 Å². The first-order valence-electron chi connectivity index (χ1n) is 18.2. The largest absolute Gasteiger partial charge is 0.310 e. The van der Waals surface area contributed by atoms with Gasteiger partial charge in [0.25, 0.3) is 0 Å². The summed E-state index contributed by atoms with van der Waals surface area (Å²) in [5.74, 6) is 0. The van der Waals surface area contributed by atoms with Crippen LogP contribution >= 0.6 is 0 Å². The molecule has 0 bridgehead atoms. The third-order valence-corrected chi connectivity index (χ3v) is 9.77. The van der Waals surface area contributed by atoms with Crippen LogP contribution in [-0.2, 0) is 0 Å². The van der Waals surface area contributed by atoms with Gasteiger partial charge in [0.2, 0.25) is 0 Å². The quantitative estimate of drug-likeness (QED) is 0.133. The lowest BCUT2D eigenvalue weighted by Crippen LogP contribution is -2.09. The van der Waals surface area contributed by atoms with E-state index in [-0.39, 0.29) is 0 Å². The fraction of sp³-hybridized carbons (Fsp3) is 0. The standard InChI is InChI=1S/C52H40N2/c1-3-39-17-15-23-47(37-39)53(43-19-7-5-8-20-43)45-33-29-41(30-34-45)49-25-11-13-27-51(49)52-28-14-12-26-50(52)42-31-35-46(36-32-42)54(44-21-9-6-10-22-44)48-24-16-18-40(4-2)38-48/h3-38H,1-2H2. The summed E-state index contributed by atoms with van der Waals surface area (Å²) in [5, 5.41) is 0. The Morgan fingerprint density at radius 3 is 0.963 bits per heavy atom. The average molecular weight is 693 g/mol. The molecular formula is C52H40N2. The molecule has 0 N–H and O–H groups in total. The monoisotopic (exact) mass is 692 g/mol. The van der Waals surface area contributed by atoms with Gasteiger partial charge in [-0.25, -0.2) is 0 Å². The summed E-state index contributed by atoms with van der Waals surface area (Å²) in [7, 11) is 0. The molecule has 0 heterocycles. The molecule has 54 heavy (non-hydrogen) atoms. The molecule has 0 amide bonds. The second-order valence-corrected chi connectivity index (χ2v) is 13.1. The molecule has 0 aliphatic rings. The highest BCUT2D eigenvalue weighted by atomic mass is 15.1. The highest BCUT2D eigenvalue weighted by Crippen LogP contribution is 2.42. The van der Waals surface area contributed by atoms with Crippen molar-refractivity contribution < 1.29 is 0 Å². The Labute approximate surface area is 318 Å². The van der Waals surface area contributed by atoms with Crippen LogP contribution in [0.5, 0.6) is 0 Å². The van der Waals surface area contributed by atoms with Crippen LogP contribution in [0.4, 0.5) is 34.1 Å². The highest BCUT2D eigenvalue weighted by molar-refractivity contribution is 5.92. The number of para-hydroxylation sites is 2. The first kappa shape index (κ1) is 34.0. The summed E-state index contributed by atoms with van der Waals surface area (Å²) in [6.07, 6.45) is 3.78. The molecule has 0 aliphatic heterocycles. The van der Waals surface area contributed by atoms with Gasteiger partial charge in [-0.2, -0.15) is 0 Å². The van der Waals surface area contributed by atoms with Crippen molar-refractivity contribution in [1.29, 1.82) is 0 Å². The van der Waals surface area contributed by atoms with E-state index >= 15 is 0 Å². The minimum atomic E-state index is 1.08. The molecule has 2 nitrogen and oxygen atoms in total. The molecule has 0 saturated heterocycles. The Morgan fingerprint density at radius 1 is 0.278 bits per heavy atom. The second kappa shape index (κ2) is 15.6. The van der Waals surface area contributed by atoms with E-state index in [2.05, 4.69) is 229 Å².